The van der Waals surface area contributed by atoms with E-state index in [0.717, 1.165) is 31.4 Å². The van der Waals surface area contributed by atoms with Gasteiger partial charge >= 0.3 is 0 Å². The van der Waals surface area contributed by atoms with E-state index >= 15 is 0 Å². The van der Waals surface area contributed by atoms with Crippen molar-refractivity contribution in [3.63, 3.8) is 0 Å². The minimum absolute atomic E-state index is 0.129. The van der Waals surface area contributed by atoms with Crippen LogP contribution in [0.3, 0.4) is 0 Å². The molecule has 1 spiro atoms. The van der Waals surface area contributed by atoms with Crippen molar-refractivity contribution in [2.45, 2.75) is 69.6 Å². The largest absolute Gasteiger partial charge is 0.356 e. The molecule has 1 fully saturated rings. The lowest BCUT2D eigenvalue weighted by Crippen LogP contribution is -2.41. The smallest absolute Gasteiger partial charge is 0.228 e. The summed E-state index contributed by atoms with van der Waals surface area (Å²) in [5.74, 6) is 0.0789. The van der Waals surface area contributed by atoms with Gasteiger partial charge in [0, 0.05) is 6.54 Å². The fourth-order valence-electron chi connectivity index (χ4n) is 6.47. The van der Waals surface area contributed by atoms with Gasteiger partial charge in [0.15, 0.2) is 0 Å². The van der Waals surface area contributed by atoms with Gasteiger partial charge in [0.1, 0.15) is 0 Å². The maximum Gasteiger partial charge on any atom is 0.228 e. The number of unbranched alkanes of at least 4 members (excludes halogenated alkanes) is 2. The first-order chi connectivity index (χ1) is 17.7. The van der Waals surface area contributed by atoms with Gasteiger partial charge in [-0.2, -0.15) is 0 Å². The first-order valence-corrected chi connectivity index (χ1v) is 14.0. The van der Waals surface area contributed by atoms with E-state index in [-0.39, 0.29) is 17.7 Å². The molecule has 0 saturated carbocycles. The number of carbonyl (C=O) groups excluding carboxylic acids is 1. The highest BCUT2D eigenvalue weighted by Crippen LogP contribution is 2.46. The summed E-state index contributed by atoms with van der Waals surface area (Å²) in [4.78, 5) is 15.9. The molecule has 2 aromatic rings. The number of aryl methyl sites for hydroxylation is 1. The van der Waals surface area contributed by atoms with Crippen LogP contribution in [0.5, 0.6) is 0 Å². The van der Waals surface area contributed by atoms with Crippen LogP contribution in [0.15, 0.2) is 79.4 Å². The van der Waals surface area contributed by atoms with Gasteiger partial charge < -0.3 is 10.2 Å². The number of rotatable bonds is 12. The third-order valence-corrected chi connectivity index (χ3v) is 8.47. The lowest BCUT2D eigenvalue weighted by Gasteiger charge is -2.40. The average molecular weight is 485 g/mol. The molecule has 1 amide bonds. The Morgan fingerprint density at radius 2 is 1.78 bits per heavy atom. The molecule has 2 unspecified atom stereocenters. The molecular formula is C33H44N2O. The molecule has 4 rings (SSSR count). The predicted octanol–water partition coefficient (Wildman–Crippen LogP) is 6.81. The van der Waals surface area contributed by atoms with Crippen LogP contribution in [0.25, 0.3) is 0 Å². The van der Waals surface area contributed by atoms with Crippen molar-refractivity contribution < 1.29 is 4.79 Å². The molecule has 3 heteroatoms. The Balaban J connectivity index is 1.18. The first kappa shape index (κ1) is 26.4. The van der Waals surface area contributed by atoms with E-state index in [4.69, 9.17) is 0 Å². The zero-order chi connectivity index (χ0) is 25.2. The van der Waals surface area contributed by atoms with Crippen LogP contribution < -0.4 is 5.32 Å². The molecular weight excluding hydrogens is 440 g/mol. The van der Waals surface area contributed by atoms with Crippen LogP contribution in [0.4, 0.5) is 0 Å². The van der Waals surface area contributed by atoms with E-state index in [1.165, 1.54) is 51.7 Å². The zero-order valence-corrected chi connectivity index (χ0v) is 22.1. The molecule has 0 bridgehead atoms. The van der Waals surface area contributed by atoms with E-state index < -0.39 is 0 Å². The van der Waals surface area contributed by atoms with Crippen LogP contribution in [0.1, 0.15) is 74.5 Å². The summed E-state index contributed by atoms with van der Waals surface area (Å²) in [5.41, 5.74) is 4.75. The number of nitrogens with one attached hydrogen (secondary N) is 1. The van der Waals surface area contributed by atoms with Gasteiger partial charge in [-0.1, -0.05) is 79.2 Å². The van der Waals surface area contributed by atoms with Gasteiger partial charge in [0.25, 0.3) is 0 Å². The Morgan fingerprint density at radius 1 is 1.03 bits per heavy atom. The highest BCUT2D eigenvalue weighted by molar-refractivity contribution is 5.84. The quantitative estimate of drug-likeness (QED) is 0.265. The lowest BCUT2D eigenvalue weighted by molar-refractivity contribution is -0.123. The Labute approximate surface area is 218 Å². The van der Waals surface area contributed by atoms with E-state index in [0.29, 0.717) is 5.41 Å². The number of hydrogen-bond acceptors (Lipinski definition) is 2. The number of amides is 1. The average Bonchev–Trinajstić information content (AvgIpc) is 3.26. The van der Waals surface area contributed by atoms with Gasteiger partial charge in [-0.3, -0.25) is 4.79 Å². The van der Waals surface area contributed by atoms with Gasteiger partial charge in [0.05, 0.1) is 5.92 Å². The number of allylic oxidation sites excluding steroid dienone is 3. The number of likely N-dealkylation sites (tertiary alicyclic amines) is 1. The van der Waals surface area contributed by atoms with Crippen molar-refractivity contribution in [2.24, 2.45) is 5.92 Å². The third-order valence-electron chi connectivity index (χ3n) is 8.47. The predicted molar refractivity (Wildman–Crippen MR) is 151 cm³/mol. The molecule has 1 saturated heterocycles. The Kier molecular flexibility index (Phi) is 9.58. The van der Waals surface area contributed by atoms with E-state index in [1.807, 2.05) is 37.3 Å². The molecule has 1 aliphatic carbocycles. The summed E-state index contributed by atoms with van der Waals surface area (Å²) in [6.45, 7) is 10.3. The first-order valence-electron chi connectivity index (χ1n) is 14.0. The summed E-state index contributed by atoms with van der Waals surface area (Å²) >= 11 is 0. The Hall–Kier alpha value is -2.65. The second kappa shape index (κ2) is 13.1. The summed E-state index contributed by atoms with van der Waals surface area (Å²) in [5, 5.41) is 3.24. The number of benzene rings is 2. The van der Waals surface area contributed by atoms with Crippen LogP contribution in [0, 0.1) is 5.92 Å². The number of piperidine rings is 1. The maximum atomic E-state index is 13.2. The molecule has 1 aliphatic heterocycles. The van der Waals surface area contributed by atoms with Crippen molar-refractivity contribution in [1.82, 2.24) is 10.2 Å². The van der Waals surface area contributed by atoms with Crippen molar-refractivity contribution in [2.75, 3.05) is 26.2 Å². The van der Waals surface area contributed by atoms with E-state index in [9.17, 15) is 4.79 Å². The molecule has 2 atom stereocenters. The van der Waals surface area contributed by atoms with Crippen molar-refractivity contribution in [1.29, 1.82) is 0 Å². The summed E-state index contributed by atoms with van der Waals surface area (Å²) in [6, 6.07) is 19.3. The van der Waals surface area contributed by atoms with Crippen molar-refractivity contribution in [3.05, 3.63) is 96.1 Å². The molecule has 0 radical (unpaired) electrons. The van der Waals surface area contributed by atoms with Crippen LogP contribution in [0.2, 0.25) is 0 Å². The highest BCUT2D eigenvalue weighted by Gasteiger charge is 2.40. The van der Waals surface area contributed by atoms with E-state index in [2.05, 4.69) is 59.3 Å². The van der Waals surface area contributed by atoms with Crippen molar-refractivity contribution >= 4 is 5.91 Å². The molecule has 192 valence electrons. The SMILES string of the molecule is C=CCC(/C=C\C)C(C(=O)NCCCCCN1CCC2(CCc3ccccc32)CC1)c1ccccc1. The number of hydrogen-bond donors (Lipinski definition) is 1. The number of nitrogens with zero attached hydrogens (tertiary/aromatic N) is 1. The molecule has 3 nitrogen and oxygen atoms in total. The van der Waals surface area contributed by atoms with Gasteiger partial charge in [0.2, 0.25) is 5.91 Å². The highest BCUT2D eigenvalue weighted by atomic mass is 16.1. The summed E-state index contributed by atoms with van der Waals surface area (Å²) in [6.07, 6.45) is 15.5. The lowest BCUT2D eigenvalue weighted by atomic mass is 9.74. The fraction of sp³-hybridized carbons (Fsp3) is 0.485. The van der Waals surface area contributed by atoms with Crippen LogP contribution >= 0.6 is 0 Å². The molecule has 0 aromatic heterocycles. The number of fused-ring (bicyclic) bond motifs is 2. The molecule has 1 heterocycles. The number of carbonyl (C=O) groups is 1. The minimum Gasteiger partial charge on any atom is -0.356 e. The molecule has 1 N–H and O–H groups in total. The second-order valence-corrected chi connectivity index (χ2v) is 10.7. The maximum absolute atomic E-state index is 13.2. The Morgan fingerprint density at radius 3 is 2.53 bits per heavy atom. The third kappa shape index (κ3) is 6.37. The van der Waals surface area contributed by atoms with Gasteiger partial charge in [-0.05, 0) is 99.5 Å². The zero-order valence-electron chi connectivity index (χ0n) is 22.1. The van der Waals surface area contributed by atoms with Gasteiger partial charge in [-0.15, -0.1) is 6.58 Å². The monoisotopic (exact) mass is 484 g/mol. The minimum atomic E-state index is -0.179. The standard InChI is InChI=1S/C33H44N2O/c1-3-13-28(14-4-2)31(29-16-7-5-8-17-29)32(36)34-23-11-6-12-24-35-25-21-33(22-26-35)20-19-27-15-9-10-18-30(27)33/h3-5,7-10,14-18,28,31H,1,6,11-13,19-26H2,2H3,(H,34,36)/b14-4-. The summed E-state index contributed by atoms with van der Waals surface area (Å²) < 4.78 is 0. The topological polar surface area (TPSA) is 32.3 Å². The van der Waals surface area contributed by atoms with Crippen LogP contribution in [-0.2, 0) is 16.6 Å². The van der Waals surface area contributed by atoms with Crippen LogP contribution in [-0.4, -0.2) is 37.0 Å². The van der Waals surface area contributed by atoms with E-state index in [1.54, 1.807) is 11.1 Å². The summed E-state index contributed by atoms with van der Waals surface area (Å²) in [7, 11) is 0. The molecule has 36 heavy (non-hydrogen) atoms. The van der Waals surface area contributed by atoms with Gasteiger partial charge in [-0.25, -0.2) is 0 Å². The molecule has 2 aliphatic rings. The van der Waals surface area contributed by atoms with Crippen molar-refractivity contribution in [3.8, 4) is 0 Å². The normalized spacial score (nSPS) is 18.7. The molecule has 2 aromatic carbocycles. The Bertz CT molecular complexity index is 1000. The second-order valence-electron chi connectivity index (χ2n) is 10.7. The fourth-order valence-corrected chi connectivity index (χ4v) is 6.47.